The zero-order valence-corrected chi connectivity index (χ0v) is 6.69. The number of hydrogen-bond donors (Lipinski definition) is 1. The van der Waals surface area contributed by atoms with E-state index in [9.17, 15) is 9.59 Å². The molecule has 0 saturated heterocycles. The molecule has 13 heavy (non-hydrogen) atoms. The van der Waals surface area contributed by atoms with Gasteiger partial charge in [-0.15, -0.1) is 0 Å². The summed E-state index contributed by atoms with van der Waals surface area (Å²) < 4.78 is 4.34. The van der Waals surface area contributed by atoms with Gasteiger partial charge in [0.05, 0.1) is 5.56 Å². The number of carbonyl (C=O) groups excluding carboxylic acids is 1. The topological polar surface area (TPSA) is 63.6 Å². The van der Waals surface area contributed by atoms with E-state index in [1.165, 1.54) is 12.5 Å². The third-order valence-electron chi connectivity index (χ3n) is 1.53. The average molecular weight is 179 g/mol. The second-order valence-electron chi connectivity index (χ2n) is 2.33. The van der Waals surface area contributed by atoms with Crippen molar-refractivity contribution >= 4 is 12.4 Å². The summed E-state index contributed by atoms with van der Waals surface area (Å²) >= 11 is 0. The first kappa shape index (κ1) is 9.25. The molecule has 0 unspecified atom stereocenters. The van der Waals surface area contributed by atoms with Crippen LogP contribution >= 0.6 is 0 Å². The van der Waals surface area contributed by atoms with Crippen molar-refractivity contribution in [3.05, 3.63) is 35.4 Å². The number of rotatable bonds is 4. The molecule has 0 atom stereocenters. The van der Waals surface area contributed by atoms with E-state index >= 15 is 0 Å². The lowest BCUT2D eigenvalue weighted by Crippen LogP contribution is -2.03. The van der Waals surface area contributed by atoms with Crippen LogP contribution < -0.4 is 0 Å². The SMILES string of the molecule is O=[C]OCc1ccccc1C(=O)O. The van der Waals surface area contributed by atoms with Gasteiger partial charge in [0, 0.05) is 5.56 Å². The summed E-state index contributed by atoms with van der Waals surface area (Å²) in [7, 11) is 0. The third kappa shape index (κ3) is 2.30. The quantitative estimate of drug-likeness (QED) is 0.747. The van der Waals surface area contributed by atoms with Gasteiger partial charge in [-0.05, 0) is 6.07 Å². The van der Waals surface area contributed by atoms with E-state index in [-0.39, 0.29) is 12.2 Å². The van der Waals surface area contributed by atoms with Crippen LogP contribution in [0.1, 0.15) is 15.9 Å². The molecule has 0 spiro atoms. The van der Waals surface area contributed by atoms with Crippen LogP contribution in [0.4, 0.5) is 0 Å². The summed E-state index contributed by atoms with van der Waals surface area (Å²) in [5.74, 6) is -1.04. The van der Waals surface area contributed by atoms with Crippen LogP contribution in [0.15, 0.2) is 24.3 Å². The minimum absolute atomic E-state index is 0.0635. The highest BCUT2D eigenvalue weighted by Crippen LogP contribution is 2.09. The summed E-state index contributed by atoms with van der Waals surface area (Å²) in [6.07, 6.45) is 0. The molecule has 0 bridgehead atoms. The van der Waals surface area contributed by atoms with Gasteiger partial charge in [0.25, 0.3) is 0 Å². The zero-order chi connectivity index (χ0) is 9.68. The molecule has 0 saturated carbocycles. The monoisotopic (exact) mass is 179 g/mol. The summed E-state index contributed by atoms with van der Waals surface area (Å²) in [6, 6.07) is 6.32. The molecule has 1 N–H and O–H groups in total. The van der Waals surface area contributed by atoms with Gasteiger partial charge in [0.2, 0.25) is 0 Å². The maximum atomic E-state index is 10.6. The molecule has 1 rings (SSSR count). The minimum atomic E-state index is -1.04. The zero-order valence-electron chi connectivity index (χ0n) is 6.69. The van der Waals surface area contributed by atoms with Crippen LogP contribution in [0.5, 0.6) is 0 Å². The summed E-state index contributed by atoms with van der Waals surface area (Å²) in [4.78, 5) is 20.4. The van der Waals surface area contributed by atoms with Gasteiger partial charge in [0.15, 0.2) is 0 Å². The fourth-order valence-electron chi connectivity index (χ4n) is 0.962. The molecule has 0 aromatic heterocycles. The van der Waals surface area contributed by atoms with Gasteiger partial charge < -0.3 is 9.84 Å². The number of ether oxygens (including phenoxy) is 1. The van der Waals surface area contributed by atoms with E-state index in [2.05, 4.69) is 4.74 Å². The molecule has 0 aliphatic heterocycles. The largest absolute Gasteiger partial charge is 0.478 e. The van der Waals surface area contributed by atoms with Crippen molar-refractivity contribution in [1.29, 1.82) is 0 Å². The number of carbonyl (C=O) groups is 1. The molecule has 67 valence electrons. The fraction of sp³-hybridized carbons (Fsp3) is 0.111. The van der Waals surface area contributed by atoms with Crippen molar-refractivity contribution in [2.75, 3.05) is 0 Å². The molecule has 0 aliphatic rings. The van der Waals surface area contributed by atoms with Crippen LogP contribution in [0.3, 0.4) is 0 Å². The normalized spacial score (nSPS) is 9.23. The summed E-state index contributed by atoms with van der Waals surface area (Å²) in [5.41, 5.74) is 0.594. The lowest BCUT2D eigenvalue weighted by molar-refractivity contribution is 0.0693. The van der Waals surface area contributed by atoms with E-state index in [0.29, 0.717) is 5.56 Å². The maximum Gasteiger partial charge on any atom is 0.417 e. The highest BCUT2D eigenvalue weighted by molar-refractivity contribution is 5.89. The first-order valence-corrected chi connectivity index (χ1v) is 3.56. The van der Waals surface area contributed by atoms with E-state index in [4.69, 9.17) is 5.11 Å². The van der Waals surface area contributed by atoms with E-state index in [1.54, 1.807) is 18.2 Å². The fourth-order valence-corrected chi connectivity index (χ4v) is 0.962. The first-order valence-electron chi connectivity index (χ1n) is 3.56. The smallest absolute Gasteiger partial charge is 0.417 e. The molecule has 1 aromatic carbocycles. The Morgan fingerprint density at radius 1 is 1.46 bits per heavy atom. The van der Waals surface area contributed by atoms with Crippen molar-refractivity contribution in [2.45, 2.75) is 6.61 Å². The lowest BCUT2D eigenvalue weighted by Gasteiger charge is -2.02. The van der Waals surface area contributed by atoms with E-state index in [0.717, 1.165) is 0 Å². The van der Waals surface area contributed by atoms with Crippen LogP contribution in [0.2, 0.25) is 0 Å². The molecule has 0 fully saturated rings. The number of aromatic carboxylic acids is 1. The number of benzene rings is 1. The van der Waals surface area contributed by atoms with Gasteiger partial charge in [-0.2, -0.15) is 0 Å². The number of carboxylic acid groups (broad SMARTS) is 1. The predicted octanol–water partition coefficient (Wildman–Crippen LogP) is 0.969. The van der Waals surface area contributed by atoms with E-state index < -0.39 is 5.97 Å². The van der Waals surface area contributed by atoms with Gasteiger partial charge in [0.1, 0.15) is 6.61 Å². The molecule has 4 heteroatoms. The molecule has 4 nitrogen and oxygen atoms in total. The lowest BCUT2D eigenvalue weighted by atomic mass is 10.1. The number of carboxylic acids is 1. The Labute approximate surface area is 74.8 Å². The molecule has 1 aromatic rings. The number of hydrogen-bond acceptors (Lipinski definition) is 3. The van der Waals surface area contributed by atoms with Crippen molar-refractivity contribution in [2.24, 2.45) is 0 Å². The van der Waals surface area contributed by atoms with Crippen molar-refractivity contribution in [3.63, 3.8) is 0 Å². The van der Waals surface area contributed by atoms with E-state index in [1.807, 2.05) is 0 Å². The Kier molecular flexibility index (Phi) is 3.03. The summed E-state index contributed by atoms with van der Waals surface area (Å²) in [6.45, 7) is 1.18. The predicted molar refractivity (Wildman–Crippen MR) is 43.9 cm³/mol. The Morgan fingerprint density at radius 2 is 2.15 bits per heavy atom. The summed E-state index contributed by atoms with van der Waals surface area (Å²) in [5, 5.41) is 8.71. The standard InChI is InChI=1S/C9H7O4/c10-6-13-5-7-3-1-2-4-8(7)9(11)12/h1-4H,5H2,(H,11,12). The van der Waals surface area contributed by atoms with Gasteiger partial charge in [-0.25, -0.2) is 9.59 Å². The minimum Gasteiger partial charge on any atom is -0.478 e. The van der Waals surface area contributed by atoms with Crippen LogP contribution in [-0.4, -0.2) is 17.5 Å². The molecule has 0 heterocycles. The third-order valence-corrected chi connectivity index (χ3v) is 1.53. The Morgan fingerprint density at radius 3 is 2.77 bits per heavy atom. The van der Waals surface area contributed by atoms with Crippen molar-refractivity contribution in [1.82, 2.24) is 0 Å². The first-order chi connectivity index (χ1) is 6.25. The Bertz CT molecular complexity index is 319. The van der Waals surface area contributed by atoms with Crippen LogP contribution in [0, 0.1) is 0 Å². The molecule has 0 amide bonds. The van der Waals surface area contributed by atoms with Crippen LogP contribution in [-0.2, 0) is 16.1 Å². The van der Waals surface area contributed by atoms with Crippen molar-refractivity contribution in [3.8, 4) is 0 Å². The molecular weight excluding hydrogens is 172 g/mol. The average Bonchev–Trinajstić information content (AvgIpc) is 2.15. The van der Waals surface area contributed by atoms with Gasteiger partial charge >= 0.3 is 12.4 Å². The second kappa shape index (κ2) is 4.25. The second-order valence-corrected chi connectivity index (χ2v) is 2.33. The molecular formula is C9H7O4. The Hall–Kier alpha value is -1.84. The molecule has 1 radical (unpaired) electrons. The highest BCUT2D eigenvalue weighted by Gasteiger charge is 2.08. The Balaban J connectivity index is 2.90. The highest BCUT2D eigenvalue weighted by atomic mass is 16.5. The van der Waals surface area contributed by atoms with Gasteiger partial charge in [-0.3, -0.25) is 0 Å². The van der Waals surface area contributed by atoms with Crippen molar-refractivity contribution < 1.29 is 19.4 Å². The van der Waals surface area contributed by atoms with Crippen LogP contribution in [0.25, 0.3) is 0 Å². The maximum absolute atomic E-state index is 10.6. The van der Waals surface area contributed by atoms with Gasteiger partial charge in [-0.1, -0.05) is 18.2 Å². The molecule has 0 aliphatic carbocycles.